The third-order valence-electron chi connectivity index (χ3n) is 8.05. The normalized spacial score (nSPS) is 14.4. The van der Waals surface area contributed by atoms with E-state index in [1.807, 2.05) is 12.1 Å². The van der Waals surface area contributed by atoms with Crippen LogP contribution in [0, 0.1) is 0 Å². The number of fused-ring (bicyclic) bond motifs is 7. The van der Waals surface area contributed by atoms with Gasteiger partial charge in [0.1, 0.15) is 0 Å². The summed E-state index contributed by atoms with van der Waals surface area (Å²) >= 11 is 0. The van der Waals surface area contributed by atoms with Gasteiger partial charge in [-0.05, 0) is 81.5 Å². The summed E-state index contributed by atoms with van der Waals surface area (Å²) in [5, 5.41) is 5.64. The van der Waals surface area contributed by atoms with Gasteiger partial charge in [-0.25, -0.2) is 0 Å². The second kappa shape index (κ2) is 9.36. The number of benzene rings is 5. The molecule has 0 aromatic heterocycles. The largest absolute Gasteiger partial charge is 0.289 e. The Morgan fingerprint density at radius 3 is 1.95 bits per heavy atom. The molecule has 2 heteroatoms. The molecule has 5 aromatic rings. The lowest BCUT2D eigenvalue weighted by molar-refractivity contribution is 0.0979. The molecule has 7 rings (SSSR count). The van der Waals surface area contributed by atoms with Crippen LogP contribution < -0.4 is 0 Å². The van der Waals surface area contributed by atoms with Crippen molar-refractivity contribution in [1.82, 2.24) is 0 Å². The van der Waals surface area contributed by atoms with E-state index in [4.69, 9.17) is 0 Å². The predicted octanol–water partition coefficient (Wildman–Crippen LogP) is 8.63. The maximum atomic E-state index is 12.6. The Hall–Kier alpha value is -4.04. The molecule has 2 aliphatic carbocycles. The fourth-order valence-electron chi connectivity index (χ4n) is 5.91. The SMILES string of the molecule is CC(C)(C)c1ccc2c(c1)C(=O)c1ccccc1C2=O.c1ccc2c(c1)ccc1c3c(ccc12)CCCC3. The zero-order valence-corrected chi connectivity index (χ0v) is 22.3. The maximum Gasteiger partial charge on any atom is 0.194 e. The third kappa shape index (κ3) is 4.15. The first-order valence-electron chi connectivity index (χ1n) is 13.6. The van der Waals surface area contributed by atoms with Crippen LogP contribution in [0.5, 0.6) is 0 Å². The van der Waals surface area contributed by atoms with Gasteiger partial charge in [-0.3, -0.25) is 9.59 Å². The van der Waals surface area contributed by atoms with Crippen LogP contribution in [-0.2, 0) is 18.3 Å². The lowest BCUT2D eigenvalue weighted by Crippen LogP contribution is -2.22. The van der Waals surface area contributed by atoms with Crippen LogP contribution in [0.3, 0.4) is 0 Å². The number of carbonyl (C=O) groups excluding carboxylic acids is 2. The van der Waals surface area contributed by atoms with Gasteiger partial charge in [-0.2, -0.15) is 0 Å². The summed E-state index contributed by atoms with van der Waals surface area (Å²) in [4.78, 5) is 25.0. The van der Waals surface area contributed by atoms with Crippen molar-refractivity contribution in [3.8, 4) is 0 Å². The van der Waals surface area contributed by atoms with Gasteiger partial charge in [0.15, 0.2) is 11.6 Å². The average Bonchev–Trinajstić information content (AvgIpc) is 2.95. The summed E-state index contributed by atoms with van der Waals surface area (Å²) in [6, 6.07) is 30.6. The number of rotatable bonds is 0. The minimum atomic E-state index is -0.0596. The van der Waals surface area contributed by atoms with Crippen molar-refractivity contribution in [3.63, 3.8) is 0 Å². The summed E-state index contributed by atoms with van der Waals surface area (Å²) in [6.45, 7) is 6.29. The van der Waals surface area contributed by atoms with E-state index in [1.165, 1.54) is 47.2 Å². The van der Waals surface area contributed by atoms with Gasteiger partial charge in [0.25, 0.3) is 0 Å². The molecule has 0 amide bonds. The molecule has 0 aliphatic heterocycles. The first kappa shape index (κ1) is 24.3. The second-order valence-corrected chi connectivity index (χ2v) is 11.5. The highest BCUT2D eigenvalue weighted by Gasteiger charge is 2.30. The monoisotopic (exact) mass is 496 g/mol. The average molecular weight is 497 g/mol. The van der Waals surface area contributed by atoms with Crippen LogP contribution in [0.4, 0.5) is 0 Å². The predicted molar refractivity (Wildman–Crippen MR) is 157 cm³/mol. The van der Waals surface area contributed by atoms with Gasteiger partial charge in [-0.1, -0.05) is 99.6 Å². The van der Waals surface area contributed by atoms with Crippen LogP contribution in [0.2, 0.25) is 0 Å². The molecule has 0 unspecified atom stereocenters. The number of carbonyl (C=O) groups is 2. The fraction of sp³-hybridized carbons (Fsp3) is 0.222. The Bertz CT molecular complexity index is 1730. The molecule has 2 aliphatic rings. The molecule has 0 atom stereocenters. The third-order valence-corrected chi connectivity index (χ3v) is 8.05. The molecule has 2 nitrogen and oxygen atoms in total. The molecular formula is C36H32O2. The van der Waals surface area contributed by atoms with E-state index in [0.29, 0.717) is 22.3 Å². The van der Waals surface area contributed by atoms with Gasteiger partial charge in [0.05, 0.1) is 0 Å². The zero-order chi connectivity index (χ0) is 26.4. The fourth-order valence-corrected chi connectivity index (χ4v) is 5.91. The quantitative estimate of drug-likeness (QED) is 0.197. The summed E-state index contributed by atoms with van der Waals surface area (Å²) in [5.41, 5.74) is 6.26. The van der Waals surface area contributed by atoms with Crippen LogP contribution in [-0.4, -0.2) is 11.6 Å². The van der Waals surface area contributed by atoms with Crippen molar-refractivity contribution in [1.29, 1.82) is 0 Å². The molecule has 5 aromatic carbocycles. The van der Waals surface area contributed by atoms with E-state index in [-0.39, 0.29) is 17.0 Å². The Kier molecular flexibility index (Phi) is 5.99. The van der Waals surface area contributed by atoms with Crippen molar-refractivity contribution in [2.45, 2.75) is 51.9 Å². The van der Waals surface area contributed by atoms with E-state index in [0.717, 1.165) is 5.56 Å². The van der Waals surface area contributed by atoms with Crippen LogP contribution in [0.1, 0.15) is 82.1 Å². The minimum absolute atomic E-state index is 0.0463. The molecule has 38 heavy (non-hydrogen) atoms. The highest BCUT2D eigenvalue weighted by Crippen LogP contribution is 2.33. The summed E-state index contributed by atoms with van der Waals surface area (Å²) in [6.07, 6.45) is 5.22. The van der Waals surface area contributed by atoms with E-state index in [2.05, 4.69) is 69.3 Å². The number of hydrogen-bond acceptors (Lipinski definition) is 2. The molecule has 0 spiro atoms. The molecule has 188 valence electrons. The van der Waals surface area contributed by atoms with Crippen LogP contribution in [0.25, 0.3) is 21.5 Å². The van der Waals surface area contributed by atoms with Crippen LogP contribution >= 0.6 is 0 Å². The molecule has 0 fully saturated rings. The number of ketones is 2. The van der Waals surface area contributed by atoms with Crippen molar-refractivity contribution >= 4 is 33.1 Å². The van der Waals surface area contributed by atoms with Gasteiger partial charge in [0.2, 0.25) is 0 Å². The Morgan fingerprint density at radius 1 is 0.553 bits per heavy atom. The Balaban J connectivity index is 0.000000140. The number of aryl methyl sites for hydroxylation is 2. The minimum Gasteiger partial charge on any atom is -0.289 e. The van der Waals surface area contributed by atoms with Gasteiger partial charge >= 0.3 is 0 Å². The van der Waals surface area contributed by atoms with E-state index >= 15 is 0 Å². The standard InChI is InChI=1S/C18H16O2.C18H16/c1-18(2,3)11-8-9-14-15(10-11)17(20)13-7-5-4-6-12(13)16(14)19;1-3-7-15-13(5-1)9-11-18-16-8-4-2-6-14(16)10-12-17(15)18/h4-10H,1-3H3;1,3,5,7,9-12H,2,4,6,8H2. The second-order valence-electron chi connectivity index (χ2n) is 11.5. The number of hydrogen-bond donors (Lipinski definition) is 0. The molecule has 0 radical (unpaired) electrons. The van der Waals surface area contributed by atoms with Crippen molar-refractivity contribution < 1.29 is 9.59 Å². The highest BCUT2D eigenvalue weighted by atomic mass is 16.1. The van der Waals surface area contributed by atoms with Crippen LogP contribution in [0.15, 0.2) is 91.0 Å². The Labute approximate surface area is 224 Å². The van der Waals surface area contributed by atoms with E-state index in [9.17, 15) is 9.59 Å². The molecule has 0 saturated carbocycles. The Morgan fingerprint density at radius 2 is 1.18 bits per heavy atom. The van der Waals surface area contributed by atoms with Gasteiger partial charge < -0.3 is 0 Å². The lowest BCUT2D eigenvalue weighted by atomic mass is 9.79. The lowest BCUT2D eigenvalue weighted by Gasteiger charge is -2.23. The van der Waals surface area contributed by atoms with E-state index < -0.39 is 0 Å². The highest BCUT2D eigenvalue weighted by molar-refractivity contribution is 6.28. The topological polar surface area (TPSA) is 34.1 Å². The van der Waals surface area contributed by atoms with Crippen molar-refractivity contribution in [2.75, 3.05) is 0 Å². The molecular weight excluding hydrogens is 464 g/mol. The van der Waals surface area contributed by atoms with Gasteiger partial charge in [-0.15, -0.1) is 0 Å². The first-order valence-corrected chi connectivity index (χ1v) is 13.6. The summed E-state index contributed by atoms with van der Waals surface area (Å²) in [7, 11) is 0. The summed E-state index contributed by atoms with van der Waals surface area (Å²) < 4.78 is 0. The maximum absolute atomic E-state index is 12.6. The smallest absolute Gasteiger partial charge is 0.194 e. The molecule has 0 bridgehead atoms. The zero-order valence-electron chi connectivity index (χ0n) is 22.3. The first-order chi connectivity index (χ1) is 18.3. The van der Waals surface area contributed by atoms with E-state index in [1.54, 1.807) is 41.5 Å². The van der Waals surface area contributed by atoms with Gasteiger partial charge in [0, 0.05) is 22.3 Å². The molecule has 0 heterocycles. The van der Waals surface area contributed by atoms with Crippen molar-refractivity contribution in [2.24, 2.45) is 0 Å². The summed E-state index contributed by atoms with van der Waals surface area (Å²) in [5.74, 6) is -0.114. The molecule has 0 N–H and O–H groups in total. The van der Waals surface area contributed by atoms with Crippen molar-refractivity contribution in [3.05, 3.63) is 130 Å². The molecule has 0 saturated heterocycles.